The van der Waals surface area contributed by atoms with Crippen molar-refractivity contribution in [3.63, 3.8) is 0 Å². The highest BCUT2D eigenvalue weighted by Crippen LogP contribution is 2.28. The van der Waals surface area contributed by atoms with Crippen LogP contribution in [0.3, 0.4) is 0 Å². The van der Waals surface area contributed by atoms with E-state index in [1.54, 1.807) is 7.11 Å². The molecule has 2 unspecified atom stereocenters. The van der Waals surface area contributed by atoms with E-state index in [-0.39, 0.29) is 19.3 Å². The molecule has 4 heteroatoms. The molecule has 0 saturated carbocycles. The molecule has 0 heterocycles. The molecule has 0 aliphatic carbocycles. The number of methoxy groups -OCH3 is 1. The van der Waals surface area contributed by atoms with Gasteiger partial charge in [0.15, 0.2) is 11.5 Å². The highest BCUT2D eigenvalue weighted by atomic mass is 16.5. The average molecular weight is 267 g/mol. The van der Waals surface area contributed by atoms with E-state index in [1.807, 2.05) is 25.1 Å². The molecule has 2 atom stereocenters. The molecule has 0 fully saturated rings. The lowest BCUT2D eigenvalue weighted by atomic mass is 9.96. The van der Waals surface area contributed by atoms with E-state index in [1.165, 1.54) is 5.56 Å². The van der Waals surface area contributed by atoms with Gasteiger partial charge in [-0.25, -0.2) is 0 Å². The van der Waals surface area contributed by atoms with E-state index >= 15 is 0 Å². The predicted octanol–water partition coefficient (Wildman–Crippen LogP) is 1.98. The van der Waals surface area contributed by atoms with Crippen molar-refractivity contribution in [1.29, 1.82) is 0 Å². The Morgan fingerprint density at radius 1 is 1.26 bits per heavy atom. The fourth-order valence-electron chi connectivity index (χ4n) is 1.80. The quantitative estimate of drug-likeness (QED) is 0.756. The number of aryl methyl sites for hydroxylation is 1. The summed E-state index contributed by atoms with van der Waals surface area (Å²) in [5.74, 6) is 1.87. The minimum atomic E-state index is -0.00317. The third-order valence-electron chi connectivity index (χ3n) is 3.36. The second-order valence-corrected chi connectivity index (χ2v) is 4.93. The summed E-state index contributed by atoms with van der Waals surface area (Å²) in [7, 11) is 1.62. The summed E-state index contributed by atoms with van der Waals surface area (Å²) >= 11 is 0. The van der Waals surface area contributed by atoms with Gasteiger partial charge in [-0.05, 0) is 43.4 Å². The molecule has 0 aliphatic heterocycles. The standard InChI is InChI=1S/C15H25NO3/c1-11(12(2)16)4-5-13-6-7-14(19-9-8-17)15(10-13)18-3/h6-7,10-12,17H,4-5,8-9,16H2,1-3H3. The van der Waals surface area contributed by atoms with Crippen LogP contribution >= 0.6 is 0 Å². The molecule has 19 heavy (non-hydrogen) atoms. The van der Waals surface area contributed by atoms with Crippen molar-refractivity contribution < 1.29 is 14.6 Å². The molecular weight excluding hydrogens is 242 g/mol. The van der Waals surface area contributed by atoms with E-state index in [0.717, 1.165) is 12.8 Å². The summed E-state index contributed by atoms with van der Waals surface area (Å²) in [5.41, 5.74) is 7.08. The lowest BCUT2D eigenvalue weighted by Crippen LogP contribution is -2.24. The molecule has 0 aliphatic rings. The normalized spacial score (nSPS) is 13.9. The zero-order valence-electron chi connectivity index (χ0n) is 12.1. The molecule has 0 bridgehead atoms. The molecule has 4 nitrogen and oxygen atoms in total. The topological polar surface area (TPSA) is 64.7 Å². The second kappa shape index (κ2) is 8.02. The smallest absolute Gasteiger partial charge is 0.161 e. The first-order valence-corrected chi connectivity index (χ1v) is 6.74. The number of rotatable bonds is 8. The van der Waals surface area contributed by atoms with Crippen LogP contribution < -0.4 is 15.2 Å². The number of aliphatic hydroxyl groups excluding tert-OH is 1. The number of hydrogen-bond donors (Lipinski definition) is 2. The Labute approximate surface area is 115 Å². The monoisotopic (exact) mass is 267 g/mol. The largest absolute Gasteiger partial charge is 0.493 e. The first-order valence-electron chi connectivity index (χ1n) is 6.74. The second-order valence-electron chi connectivity index (χ2n) is 4.93. The van der Waals surface area contributed by atoms with Gasteiger partial charge in [0.25, 0.3) is 0 Å². The highest BCUT2D eigenvalue weighted by molar-refractivity contribution is 5.43. The Morgan fingerprint density at radius 2 is 2.00 bits per heavy atom. The number of nitrogens with two attached hydrogens (primary N) is 1. The molecule has 0 radical (unpaired) electrons. The SMILES string of the molecule is COc1cc(CCC(C)C(C)N)ccc1OCCO. The molecule has 0 spiro atoms. The zero-order chi connectivity index (χ0) is 14.3. The minimum absolute atomic E-state index is 0.00317. The van der Waals surface area contributed by atoms with Gasteiger partial charge in [0.05, 0.1) is 13.7 Å². The molecule has 0 aromatic heterocycles. The minimum Gasteiger partial charge on any atom is -0.493 e. The number of benzene rings is 1. The molecular formula is C15H25NO3. The molecule has 1 aromatic rings. The Balaban J connectivity index is 2.65. The predicted molar refractivity (Wildman–Crippen MR) is 76.7 cm³/mol. The third-order valence-corrected chi connectivity index (χ3v) is 3.36. The van der Waals surface area contributed by atoms with Gasteiger partial charge in [0.1, 0.15) is 6.61 Å². The summed E-state index contributed by atoms with van der Waals surface area (Å²) < 4.78 is 10.7. The van der Waals surface area contributed by atoms with Crippen molar-refractivity contribution in [2.45, 2.75) is 32.7 Å². The Kier molecular flexibility index (Phi) is 6.67. The summed E-state index contributed by atoms with van der Waals surface area (Å²) in [5, 5.41) is 8.77. The van der Waals surface area contributed by atoms with E-state index in [2.05, 4.69) is 6.92 Å². The van der Waals surface area contributed by atoms with Gasteiger partial charge in [0.2, 0.25) is 0 Å². The van der Waals surface area contributed by atoms with Crippen molar-refractivity contribution >= 4 is 0 Å². The van der Waals surface area contributed by atoms with E-state index < -0.39 is 0 Å². The fraction of sp³-hybridized carbons (Fsp3) is 0.600. The van der Waals surface area contributed by atoms with Gasteiger partial charge >= 0.3 is 0 Å². The fourth-order valence-corrected chi connectivity index (χ4v) is 1.80. The Hall–Kier alpha value is -1.26. The van der Waals surface area contributed by atoms with Crippen molar-refractivity contribution in [3.05, 3.63) is 23.8 Å². The summed E-state index contributed by atoms with van der Waals surface area (Å²) in [6, 6.07) is 6.12. The number of hydrogen-bond acceptors (Lipinski definition) is 4. The van der Waals surface area contributed by atoms with Gasteiger partial charge in [-0.1, -0.05) is 13.0 Å². The number of aliphatic hydroxyl groups is 1. The summed E-state index contributed by atoms with van der Waals surface area (Å²) in [4.78, 5) is 0. The maximum atomic E-state index is 8.77. The van der Waals surface area contributed by atoms with Crippen LogP contribution in [0.15, 0.2) is 18.2 Å². The van der Waals surface area contributed by atoms with Crippen LogP contribution in [0.4, 0.5) is 0 Å². The lowest BCUT2D eigenvalue weighted by molar-refractivity contribution is 0.196. The van der Waals surface area contributed by atoms with E-state index in [0.29, 0.717) is 17.4 Å². The van der Waals surface area contributed by atoms with Crippen LogP contribution in [0, 0.1) is 5.92 Å². The van der Waals surface area contributed by atoms with Crippen LogP contribution in [-0.2, 0) is 6.42 Å². The average Bonchev–Trinajstić information content (AvgIpc) is 2.42. The maximum Gasteiger partial charge on any atom is 0.161 e. The van der Waals surface area contributed by atoms with Crippen molar-refractivity contribution in [3.8, 4) is 11.5 Å². The highest BCUT2D eigenvalue weighted by Gasteiger charge is 2.10. The van der Waals surface area contributed by atoms with Crippen molar-refractivity contribution in [2.24, 2.45) is 11.7 Å². The first-order chi connectivity index (χ1) is 9.08. The van der Waals surface area contributed by atoms with E-state index in [4.69, 9.17) is 20.3 Å². The Bertz CT molecular complexity index is 380. The molecule has 3 N–H and O–H groups in total. The van der Waals surface area contributed by atoms with Gasteiger partial charge in [0, 0.05) is 6.04 Å². The van der Waals surface area contributed by atoms with E-state index in [9.17, 15) is 0 Å². The van der Waals surface area contributed by atoms with Crippen LogP contribution in [0.25, 0.3) is 0 Å². The molecule has 1 aromatic carbocycles. The summed E-state index contributed by atoms with van der Waals surface area (Å²) in [6.07, 6.45) is 2.02. The summed E-state index contributed by atoms with van der Waals surface area (Å²) in [6.45, 7) is 4.48. The third kappa shape index (κ3) is 5.09. The molecule has 1 rings (SSSR count). The lowest BCUT2D eigenvalue weighted by Gasteiger charge is -2.16. The number of ether oxygens (including phenoxy) is 2. The van der Waals surface area contributed by atoms with Gasteiger partial charge < -0.3 is 20.3 Å². The van der Waals surface area contributed by atoms with Gasteiger partial charge in [-0.2, -0.15) is 0 Å². The van der Waals surface area contributed by atoms with Crippen LogP contribution in [-0.4, -0.2) is 31.5 Å². The van der Waals surface area contributed by atoms with Crippen LogP contribution in [0.1, 0.15) is 25.8 Å². The Morgan fingerprint density at radius 3 is 2.58 bits per heavy atom. The molecule has 108 valence electrons. The maximum absolute atomic E-state index is 8.77. The molecule has 0 amide bonds. The molecule has 0 saturated heterocycles. The van der Waals surface area contributed by atoms with Crippen molar-refractivity contribution in [1.82, 2.24) is 0 Å². The van der Waals surface area contributed by atoms with Crippen molar-refractivity contribution in [2.75, 3.05) is 20.3 Å². The first kappa shape index (κ1) is 15.8. The van der Waals surface area contributed by atoms with Crippen LogP contribution in [0.5, 0.6) is 11.5 Å². The van der Waals surface area contributed by atoms with Gasteiger partial charge in [-0.15, -0.1) is 0 Å². The van der Waals surface area contributed by atoms with Gasteiger partial charge in [-0.3, -0.25) is 0 Å². The van der Waals surface area contributed by atoms with Crippen LogP contribution in [0.2, 0.25) is 0 Å². The zero-order valence-corrected chi connectivity index (χ0v) is 12.1.